The van der Waals surface area contributed by atoms with Crippen molar-refractivity contribution in [2.75, 3.05) is 11.2 Å². The Bertz CT molecular complexity index is 538. The van der Waals surface area contributed by atoms with E-state index in [4.69, 9.17) is 39.2 Å². The summed E-state index contributed by atoms with van der Waals surface area (Å²) in [4.78, 5) is 0. The van der Waals surface area contributed by atoms with Crippen molar-refractivity contribution in [1.29, 1.82) is 0 Å². The van der Waals surface area contributed by atoms with Gasteiger partial charge >= 0.3 is 6.01 Å². The van der Waals surface area contributed by atoms with Gasteiger partial charge in [-0.05, 0) is 12.1 Å². The third-order valence-corrected chi connectivity index (χ3v) is 2.75. The lowest BCUT2D eigenvalue weighted by molar-refractivity contribution is 0.516. The number of aryl methyl sites for hydroxylation is 1. The molecule has 0 unspecified atom stereocenters. The molecular formula is C10H7Cl3FN3O. The van der Waals surface area contributed by atoms with Gasteiger partial charge in [-0.25, -0.2) is 4.39 Å². The molecule has 0 fully saturated rings. The molecule has 0 radical (unpaired) electrons. The van der Waals surface area contributed by atoms with Crippen molar-refractivity contribution in [3.05, 3.63) is 33.9 Å². The first-order valence-corrected chi connectivity index (χ1v) is 6.19. The molecule has 8 heteroatoms. The van der Waals surface area contributed by atoms with E-state index in [-0.39, 0.29) is 16.1 Å². The van der Waals surface area contributed by atoms with E-state index in [9.17, 15) is 4.39 Å². The zero-order valence-corrected chi connectivity index (χ0v) is 11.2. The Balaban J connectivity index is 2.17. The first-order valence-electron chi connectivity index (χ1n) is 4.90. The predicted octanol–water partition coefficient (Wildman–Crippen LogP) is 4.04. The maximum absolute atomic E-state index is 13.2. The number of alkyl halides is 1. The Morgan fingerprint density at radius 2 is 1.89 bits per heavy atom. The molecule has 18 heavy (non-hydrogen) atoms. The minimum absolute atomic E-state index is 0.0921. The van der Waals surface area contributed by atoms with Crippen molar-refractivity contribution in [2.24, 2.45) is 0 Å². The van der Waals surface area contributed by atoms with Gasteiger partial charge in [0, 0.05) is 18.0 Å². The highest BCUT2D eigenvalue weighted by atomic mass is 35.5. The van der Waals surface area contributed by atoms with Gasteiger partial charge in [0.25, 0.3) is 0 Å². The maximum Gasteiger partial charge on any atom is 0.320 e. The highest BCUT2D eigenvalue weighted by Crippen LogP contribution is 2.28. The van der Waals surface area contributed by atoms with E-state index >= 15 is 0 Å². The standard InChI is InChI=1S/C10H7Cl3FN3O/c11-2-1-8-16-17-10(18-8)15-5-3-6(12)9(14)7(13)4-5/h3-4H,1-2H2,(H,15,17). The number of hydrogen-bond donors (Lipinski definition) is 1. The molecule has 4 nitrogen and oxygen atoms in total. The van der Waals surface area contributed by atoms with Gasteiger partial charge in [-0.1, -0.05) is 28.3 Å². The summed E-state index contributed by atoms with van der Waals surface area (Å²) in [5, 5.41) is 10.1. The zero-order chi connectivity index (χ0) is 13.1. The molecule has 0 saturated heterocycles. The Morgan fingerprint density at radius 3 is 2.50 bits per heavy atom. The average Bonchev–Trinajstić information content (AvgIpc) is 2.74. The SMILES string of the molecule is Fc1c(Cl)cc(Nc2nnc(CCCl)o2)cc1Cl. The molecule has 0 amide bonds. The predicted molar refractivity (Wildman–Crippen MR) is 68.4 cm³/mol. The van der Waals surface area contributed by atoms with Crippen molar-refractivity contribution >= 4 is 46.5 Å². The van der Waals surface area contributed by atoms with Crippen molar-refractivity contribution in [2.45, 2.75) is 6.42 Å². The van der Waals surface area contributed by atoms with Gasteiger partial charge in [0.2, 0.25) is 5.89 Å². The summed E-state index contributed by atoms with van der Waals surface area (Å²) in [6, 6.07) is 2.90. The molecule has 0 aliphatic heterocycles. The van der Waals surface area contributed by atoms with Crippen molar-refractivity contribution < 1.29 is 8.81 Å². The molecule has 0 aliphatic carbocycles. The van der Waals surface area contributed by atoms with Crippen molar-refractivity contribution in [3.8, 4) is 0 Å². The lowest BCUT2D eigenvalue weighted by Crippen LogP contribution is -1.92. The summed E-state index contributed by atoms with van der Waals surface area (Å²) in [6.07, 6.45) is 0.473. The average molecular weight is 311 g/mol. The molecule has 0 atom stereocenters. The Kier molecular flexibility index (Phi) is 4.27. The fraction of sp³-hybridized carbons (Fsp3) is 0.200. The fourth-order valence-corrected chi connectivity index (χ4v) is 1.89. The minimum Gasteiger partial charge on any atom is -0.408 e. The van der Waals surface area contributed by atoms with E-state index in [0.29, 0.717) is 23.9 Å². The van der Waals surface area contributed by atoms with Gasteiger partial charge in [0.05, 0.1) is 10.0 Å². The molecule has 96 valence electrons. The first kappa shape index (κ1) is 13.4. The molecule has 2 rings (SSSR count). The molecular weight excluding hydrogens is 303 g/mol. The molecule has 1 heterocycles. The minimum atomic E-state index is -0.669. The van der Waals surface area contributed by atoms with E-state index in [1.54, 1.807) is 0 Å². The smallest absolute Gasteiger partial charge is 0.320 e. The molecule has 1 N–H and O–H groups in total. The molecule has 1 aromatic heterocycles. The van der Waals surface area contributed by atoms with Crippen LogP contribution in [0.25, 0.3) is 0 Å². The second-order valence-corrected chi connectivity index (χ2v) is 4.51. The van der Waals surface area contributed by atoms with Crippen LogP contribution in [-0.4, -0.2) is 16.1 Å². The van der Waals surface area contributed by atoms with Crippen LogP contribution in [0.1, 0.15) is 5.89 Å². The van der Waals surface area contributed by atoms with E-state index in [1.165, 1.54) is 12.1 Å². The number of anilines is 2. The molecule has 2 aromatic rings. The number of halogens is 4. The second kappa shape index (κ2) is 5.73. The fourth-order valence-electron chi connectivity index (χ4n) is 1.24. The van der Waals surface area contributed by atoms with E-state index in [2.05, 4.69) is 15.5 Å². The summed E-state index contributed by atoms with van der Waals surface area (Å²) >= 11 is 16.9. The Hall–Kier alpha value is -1.04. The number of nitrogens with one attached hydrogen (secondary N) is 1. The third kappa shape index (κ3) is 3.04. The summed E-state index contributed by atoms with van der Waals surface area (Å²) in [5.74, 6) is 0.125. The molecule has 0 bridgehead atoms. The van der Waals surface area contributed by atoms with Gasteiger partial charge < -0.3 is 9.73 Å². The van der Waals surface area contributed by atoms with Gasteiger partial charge in [-0.3, -0.25) is 0 Å². The van der Waals surface area contributed by atoms with Crippen LogP contribution in [0, 0.1) is 5.82 Å². The number of hydrogen-bond acceptors (Lipinski definition) is 4. The largest absolute Gasteiger partial charge is 0.408 e. The highest BCUT2D eigenvalue weighted by Gasteiger charge is 2.10. The first-order chi connectivity index (χ1) is 8.60. The van der Waals surface area contributed by atoms with E-state index in [0.717, 1.165) is 0 Å². The van der Waals surface area contributed by atoms with Crippen LogP contribution in [0.2, 0.25) is 10.0 Å². The normalized spacial score (nSPS) is 10.7. The number of rotatable bonds is 4. The Morgan fingerprint density at radius 1 is 1.22 bits per heavy atom. The van der Waals surface area contributed by atoms with Crippen LogP contribution in [0.4, 0.5) is 16.1 Å². The Labute approximate surface area is 117 Å². The lowest BCUT2D eigenvalue weighted by atomic mass is 10.3. The van der Waals surface area contributed by atoms with Crippen LogP contribution in [-0.2, 0) is 6.42 Å². The monoisotopic (exact) mass is 309 g/mol. The van der Waals surface area contributed by atoms with E-state index in [1.807, 2.05) is 0 Å². The third-order valence-electron chi connectivity index (χ3n) is 2.01. The maximum atomic E-state index is 13.2. The number of nitrogens with zero attached hydrogens (tertiary/aromatic N) is 2. The summed E-state index contributed by atoms with van der Waals surface area (Å²) in [6.45, 7) is 0. The van der Waals surface area contributed by atoms with Gasteiger partial charge in [-0.15, -0.1) is 16.7 Å². The van der Waals surface area contributed by atoms with Crippen LogP contribution in [0.3, 0.4) is 0 Å². The van der Waals surface area contributed by atoms with Crippen LogP contribution in [0.5, 0.6) is 0 Å². The van der Waals surface area contributed by atoms with E-state index < -0.39 is 5.82 Å². The summed E-state index contributed by atoms with van der Waals surface area (Å²) in [7, 11) is 0. The van der Waals surface area contributed by atoms with Gasteiger partial charge in [0.15, 0.2) is 5.82 Å². The second-order valence-electron chi connectivity index (χ2n) is 3.32. The summed E-state index contributed by atoms with van der Waals surface area (Å²) in [5.41, 5.74) is 0.451. The summed E-state index contributed by atoms with van der Waals surface area (Å²) < 4.78 is 18.4. The topological polar surface area (TPSA) is 51.0 Å². The van der Waals surface area contributed by atoms with Crippen molar-refractivity contribution in [1.82, 2.24) is 10.2 Å². The van der Waals surface area contributed by atoms with Crippen LogP contribution < -0.4 is 5.32 Å². The molecule has 0 spiro atoms. The highest BCUT2D eigenvalue weighted by molar-refractivity contribution is 6.35. The van der Waals surface area contributed by atoms with Gasteiger partial charge in [-0.2, -0.15) is 0 Å². The number of aromatic nitrogens is 2. The number of benzene rings is 1. The van der Waals surface area contributed by atoms with Crippen molar-refractivity contribution in [3.63, 3.8) is 0 Å². The van der Waals surface area contributed by atoms with Crippen LogP contribution in [0.15, 0.2) is 16.5 Å². The molecule has 0 aliphatic rings. The molecule has 0 saturated carbocycles. The molecule has 1 aromatic carbocycles. The lowest BCUT2D eigenvalue weighted by Gasteiger charge is -2.04. The van der Waals surface area contributed by atoms with Gasteiger partial charge in [0.1, 0.15) is 0 Å². The zero-order valence-electron chi connectivity index (χ0n) is 8.88. The van der Waals surface area contributed by atoms with Crippen LogP contribution >= 0.6 is 34.8 Å². The quantitative estimate of drug-likeness (QED) is 0.684.